The Kier molecular flexibility index (Phi) is 6.16. The summed E-state index contributed by atoms with van der Waals surface area (Å²) < 4.78 is 5.93. The summed E-state index contributed by atoms with van der Waals surface area (Å²) in [4.78, 5) is 12.9. The Morgan fingerprint density at radius 3 is 2.72 bits per heavy atom. The van der Waals surface area contributed by atoms with Gasteiger partial charge in [0.2, 0.25) is 0 Å². The molecule has 3 nitrogen and oxygen atoms in total. The fourth-order valence-corrected chi connectivity index (χ4v) is 4.07. The number of hydrogen-bond donors (Lipinski definition) is 1. The Morgan fingerprint density at radius 1 is 1.28 bits per heavy atom. The van der Waals surface area contributed by atoms with E-state index in [-0.39, 0.29) is 23.9 Å². The SMILES string of the molecule is CCCCC[C@@H](O)[C@@H](CC1CC1)C(=O)O[C@H]1Cc2ccccc2[C@H]1C. The van der Waals surface area contributed by atoms with Gasteiger partial charge in [-0.15, -0.1) is 0 Å². The van der Waals surface area contributed by atoms with Gasteiger partial charge in [-0.1, -0.05) is 70.2 Å². The molecule has 0 radical (unpaired) electrons. The molecule has 0 aromatic heterocycles. The number of carbonyl (C=O) groups is 1. The van der Waals surface area contributed by atoms with Crippen LogP contribution in [0, 0.1) is 11.8 Å². The number of esters is 1. The number of aliphatic hydroxyl groups excluding tert-OH is 1. The lowest BCUT2D eigenvalue weighted by Crippen LogP contribution is -2.34. The predicted octanol–water partition coefficient (Wildman–Crippen LogP) is 4.62. The molecule has 0 spiro atoms. The maximum absolute atomic E-state index is 12.9. The van der Waals surface area contributed by atoms with Crippen LogP contribution in [0.5, 0.6) is 0 Å². The molecule has 2 aliphatic rings. The number of benzene rings is 1. The third kappa shape index (κ3) is 4.63. The first-order valence-electron chi connectivity index (χ1n) is 10.1. The van der Waals surface area contributed by atoms with Crippen LogP contribution < -0.4 is 0 Å². The van der Waals surface area contributed by atoms with Crippen LogP contribution in [-0.2, 0) is 16.0 Å². The lowest BCUT2D eigenvalue weighted by Gasteiger charge is -2.25. The predicted molar refractivity (Wildman–Crippen MR) is 99.4 cm³/mol. The molecule has 1 saturated carbocycles. The second-order valence-corrected chi connectivity index (χ2v) is 8.02. The second-order valence-electron chi connectivity index (χ2n) is 8.02. The van der Waals surface area contributed by atoms with Crippen molar-refractivity contribution in [2.24, 2.45) is 11.8 Å². The summed E-state index contributed by atoms with van der Waals surface area (Å²) in [5.41, 5.74) is 2.58. The van der Waals surface area contributed by atoms with E-state index in [1.54, 1.807) is 0 Å². The van der Waals surface area contributed by atoms with E-state index >= 15 is 0 Å². The van der Waals surface area contributed by atoms with Gasteiger partial charge in [0.15, 0.2) is 0 Å². The molecule has 2 aliphatic carbocycles. The molecule has 0 bridgehead atoms. The zero-order chi connectivity index (χ0) is 17.8. The van der Waals surface area contributed by atoms with E-state index in [0.717, 1.165) is 32.1 Å². The van der Waals surface area contributed by atoms with E-state index in [1.165, 1.54) is 24.0 Å². The Balaban J connectivity index is 1.60. The van der Waals surface area contributed by atoms with Gasteiger partial charge >= 0.3 is 5.97 Å². The molecule has 0 heterocycles. The highest BCUT2D eigenvalue weighted by Gasteiger charge is 2.38. The van der Waals surface area contributed by atoms with Crippen LogP contribution in [0.3, 0.4) is 0 Å². The summed E-state index contributed by atoms with van der Waals surface area (Å²) in [7, 11) is 0. The molecule has 0 amide bonds. The van der Waals surface area contributed by atoms with E-state index in [1.807, 2.05) is 12.1 Å². The lowest BCUT2D eigenvalue weighted by molar-refractivity contribution is -0.159. The standard InChI is InChI=1S/C22H32O3/c1-3-4-5-10-20(23)19(13-16-11-12-16)22(24)25-21-14-17-8-6-7-9-18(17)15(21)2/h6-9,15-16,19-21,23H,3-5,10-14H2,1-2H3/t15-,19-,20-,21+/m1/s1. The fourth-order valence-electron chi connectivity index (χ4n) is 4.07. The Labute approximate surface area is 151 Å². The van der Waals surface area contributed by atoms with Crippen molar-refractivity contribution in [3.05, 3.63) is 35.4 Å². The molecule has 4 atom stereocenters. The normalized spacial score (nSPS) is 24.6. The maximum atomic E-state index is 12.9. The molecule has 1 N–H and O–H groups in total. The summed E-state index contributed by atoms with van der Waals surface area (Å²) in [5, 5.41) is 10.6. The quantitative estimate of drug-likeness (QED) is 0.525. The van der Waals surface area contributed by atoms with Crippen molar-refractivity contribution < 1.29 is 14.6 Å². The van der Waals surface area contributed by atoms with Crippen LogP contribution >= 0.6 is 0 Å². The van der Waals surface area contributed by atoms with E-state index in [0.29, 0.717) is 12.3 Å². The van der Waals surface area contributed by atoms with Gasteiger partial charge in [0.05, 0.1) is 12.0 Å². The topological polar surface area (TPSA) is 46.5 Å². The number of rotatable bonds is 9. The summed E-state index contributed by atoms with van der Waals surface area (Å²) in [5.74, 6) is 0.316. The van der Waals surface area contributed by atoms with E-state index < -0.39 is 6.10 Å². The number of unbranched alkanes of at least 4 members (excludes halogenated alkanes) is 2. The average Bonchev–Trinajstić information content (AvgIpc) is 3.38. The van der Waals surface area contributed by atoms with E-state index in [2.05, 4.69) is 26.0 Å². The smallest absolute Gasteiger partial charge is 0.311 e. The molecule has 25 heavy (non-hydrogen) atoms. The number of ether oxygens (including phenoxy) is 1. The highest BCUT2D eigenvalue weighted by molar-refractivity contribution is 5.73. The Bertz CT molecular complexity index is 578. The third-order valence-corrected chi connectivity index (χ3v) is 5.95. The Morgan fingerprint density at radius 2 is 2.04 bits per heavy atom. The molecule has 138 valence electrons. The van der Waals surface area contributed by atoms with E-state index in [9.17, 15) is 9.90 Å². The minimum Gasteiger partial charge on any atom is -0.461 e. The van der Waals surface area contributed by atoms with Crippen molar-refractivity contribution in [1.29, 1.82) is 0 Å². The van der Waals surface area contributed by atoms with Gasteiger partial charge in [0, 0.05) is 12.3 Å². The van der Waals surface area contributed by atoms with Crippen LogP contribution in [0.4, 0.5) is 0 Å². The van der Waals surface area contributed by atoms with Crippen LogP contribution in [-0.4, -0.2) is 23.3 Å². The minimum atomic E-state index is -0.557. The molecule has 3 rings (SSSR count). The molecule has 0 saturated heterocycles. The van der Waals surface area contributed by atoms with Gasteiger partial charge in [-0.05, 0) is 29.9 Å². The zero-order valence-electron chi connectivity index (χ0n) is 15.6. The van der Waals surface area contributed by atoms with Gasteiger partial charge in [-0.2, -0.15) is 0 Å². The van der Waals surface area contributed by atoms with Gasteiger partial charge < -0.3 is 9.84 Å². The first-order chi connectivity index (χ1) is 12.1. The number of aliphatic hydroxyl groups is 1. The molecule has 1 aromatic carbocycles. The van der Waals surface area contributed by atoms with Crippen LogP contribution in [0.2, 0.25) is 0 Å². The lowest BCUT2D eigenvalue weighted by atomic mass is 9.92. The first kappa shape index (κ1) is 18.4. The molecular formula is C22H32O3. The van der Waals surface area contributed by atoms with Crippen molar-refractivity contribution >= 4 is 5.97 Å². The number of hydrogen-bond acceptors (Lipinski definition) is 3. The molecule has 0 aliphatic heterocycles. The van der Waals surface area contributed by atoms with Crippen LogP contribution in [0.25, 0.3) is 0 Å². The molecule has 1 aromatic rings. The van der Waals surface area contributed by atoms with E-state index in [4.69, 9.17) is 4.74 Å². The summed E-state index contributed by atoms with van der Waals surface area (Å²) in [6.07, 6.45) is 7.25. The molecule has 1 fully saturated rings. The highest BCUT2D eigenvalue weighted by atomic mass is 16.5. The maximum Gasteiger partial charge on any atom is 0.311 e. The average molecular weight is 344 g/mol. The zero-order valence-corrected chi connectivity index (χ0v) is 15.6. The fraction of sp³-hybridized carbons (Fsp3) is 0.682. The van der Waals surface area contributed by atoms with Crippen molar-refractivity contribution in [3.63, 3.8) is 0 Å². The summed E-state index contributed by atoms with van der Waals surface area (Å²) in [6, 6.07) is 8.35. The highest BCUT2D eigenvalue weighted by Crippen LogP contribution is 2.39. The van der Waals surface area contributed by atoms with Crippen molar-refractivity contribution in [2.45, 2.75) is 83.3 Å². The minimum absolute atomic E-state index is 0.0885. The molecule has 0 unspecified atom stereocenters. The first-order valence-corrected chi connectivity index (χ1v) is 10.1. The van der Waals surface area contributed by atoms with Crippen LogP contribution in [0.1, 0.15) is 75.8 Å². The third-order valence-electron chi connectivity index (χ3n) is 5.95. The van der Waals surface area contributed by atoms with Gasteiger partial charge in [0.1, 0.15) is 6.10 Å². The van der Waals surface area contributed by atoms with Crippen molar-refractivity contribution in [2.75, 3.05) is 0 Å². The van der Waals surface area contributed by atoms with Crippen LogP contribution in [0.15, 0.2) is 24.3 Å². The van der Waals surface area contributed by atoms with Crippen molar-refractivity contribution in [1.82, 2.24) is 0 Å². The van der Waals surface area contributed by atoms with Crippen molar-refractivity contribution in [3.8, 4) is 0 Å². The van der Waals surface area contributed by atoms with Gasteiger partial charge in [0.25, 0.3) is 0 Å². The summed E-state index contributed by atoms with van der Waals surface area (Å²) in [6.45, 7) is 4.29. The molecular weight excluding hydrogens is 312 g/mol. The largest absolute Gasteiger partial charge is 0.461 e. The number of fused-ring (bicyclic) bond motifs is 1. The summed E-state index contributed by atoms with van der Waals surface area (Å²) >= 11 is 0. The van der Waals surface area contributed by atoms with Gasteiger partial charge in [-0.3, -0.25) is 4.79 Å². The monoisotopic (exact) mass is 344 g/mol. The van der Waals surface area contributed by atoms with Gasteiger partial charge in [-0.25, -0.2) is 0 Å². The second kappa shape index (κ2) is 8.35. The molecule has 3 heteroatoms. The Hall–Kier alpha value is -1.35. The number of carbonyl (C=O) groups excluding carboxylic acids is 1.